The summed E-state index contributed by atoms with van der Waals surface area (Å²) in [6, 6.07) is 14.0. The van der Waals surface area contributed by atoms with Gasteiger partial charge in [-0.25, -0.2) is 9.97 Å². The molecule has 0 unspecified atom stereocenters. The van der Waals surface area contributed by atoms with E-state index in [1.165, 1.54) is 6.08 Å². The molecule has 0 radical (unpaired) electrons. The number of rotatable bonds is 11. The van der Waals surface area contributed by atoms with Crippen molar-refractivity contribution in [1.29, 1.82) is 0 Å². The highest BCUT2D eigenvalue weighted by atomic mass is 16.5. The van der Waals surface area contributed by atoms with E-state index in [9.17, 15) is 4.79 Å². The fourth-order valence-electron chi connectivity index (χ4n) is 4.32. The number of amides is 1. The zero-order chi connectivity index (χ0) is 26.4. The summed E-state index contributed by atoms with van der Waals surface area (Å²) in [7, 11) is 6.12. The molecule has 0 saturated heterocycles. The number of anilines is 3. The predicted molar refractivity (Wildman–Crippen MR) is 151 cm³/mol. The SMILES string of the molecule is C=CC(=O)Nc1cc(Nc2nccc(-c3cn(C)c4ccccc34)n2)c(OCC)cc1CCCN(C)C. The van der Waals surface area contributed by atoms with Gasteiger partial charge in [-0.1, -0.05) is 24.8 Å². The minimum absolute atomic E-state index is 0.266. The van der Waals surface area contributed by atoms with Crippen LogP contribution in [0.25, 0.3) is 22.2 Å². The van der Waals surface area contributed by atoms with Crippen molar-refractivity contribution in [1.82, 2.24) is 19.4 Å². The third-order valence-electron chi connectivity index (χ3n) is 6.07. The van der Waals surface area contributed by atoms with Gasteiger partial charge in [0, 0.05) is 41.6 Å². The largest absolute Gasteiger partial charge is 0.492 e. The smallest absolute Gasteiger partial charge is 0.247 e. The number of carbonyl (C=O) groups excluding carboxylic acids is 1. The van der Waals surface area contributed by atoms with Crippen LogP contribution in [0.15, 0.2) is 67.5 Å². The molecule has 0 bridgehead atoms. The molecule has 192 valence electrons. The number of nitrogens with one attached hydrogen (secondary N) is 2. The van der Waals surface area contributed by atoms with Crippen LogP contribution >= 0.6 is 0 Å². The average Bonchev–Trinajstić information content (AvgIpc) is 3.23. The second kappa shape index (κ2) is 11.7. The van der Waals surface area contributed by atoms with Gasteiger partial charge in [0.1, 0.15) is 5.75 Å². The number of ether oxygens (including phenoxy) is 1. The van der Waals surface area contributed by atoms with Crippen molar-refractivity contribution in [3.8, 4) is 17.0 Å². The Bertz CT molecular complexity index is 1410. The highest BCUT2D eigenvalue weighted by molar-refractivity contribution is 6.00. The van der Waals surface area contributed by atoms with E-state index >= 15 is 0 Å². The summed E-state index contributed by atoms with van der Waals surface area (Å²) in [5.74, 6) is 0.851. The number of hydrogen-bond acceptors (Lipinski definition) is 6. The molecule has 0 fully saturated rings. The summed E-state index contributed by atoms with van der Waals surface area (Å²) in [6.45, 7) is 6.97. The lowest BCUT2D eigenvalue weighted by molar-refractivity contribution is -0.111. The maximum absolute atomic E-state index is 12.2. The first-order valence-corrected chi connectivity index (χ1v) is 12.4. The third kappa shape index (κ3) is 6.16. The normalized spacial score (nSPS) is 11.1. The first-order chi connectivity index (χ1) is 17.9. The number of hydrogen-bond donors (Lipinski definition) is 2. The van der Waals surface area contributed by atoms with Crippen LogP contribution in [0, 0.1) is 0 Å². The van der Waals surface area contributed by atoms with Crippen LogP contribution < -0.4 is 15.4 Å². The van der Waals surface area contributed by atoms with Crippen LogP contribution in [-0.2, 0) is 18.3 Å². The molecule has 0 aliphatic heterocycles. The van der Waals surface area contributed by atoms with Gasteiger partial charge in [0.05, 0.1) is 18.0 Å². The summed E-state index contributed by atoms with van der Waals surface area (Å²) in [5, 5.41) is 7.39. The van der Waals surface area contributed by atoms with Crippen LogP contribution in [0.3, 0.4) is 0 Å². The number of carbonyl (C=O) groups is 1. The Morgan fingerprint density at radius 3 is 2.76 bits per heavy atom. The Hall–Kier alpha value is -4.17. The number of fused-ring (bicyclic) bond motifs is 1. The molecule has 2 heterocycles. The maximum atomic E-state index is 12.2. The molecule has 0 spiro atoms. The van der Waals surface area contributed by atoms with E-state index in [-0.39, 0.29) is 5.91 Å². The topological polar surface area (TPSA) is 84.3 Å². The third-order valence-corrected chi connectivity index (χ3v) is 6.07. The molecule has 1 amide bonds. The van der Waals surface area contributed by atoms with Crippen molar-refractivity contribution >= 4 is 34.1 Å². The van der Waals surface area contributed by atoms with Gasteiger partial charge in [-0.2, -0.15) is 0 Å². The van der Waals surface area contributed by atoms with Gasteiger partial charge >= 0.3 is 0 Å². The zero-order valence-corrected chi connectivity index (χ0v) is 21.9. The highest BCUT2D eigenvalue weighted by Gasteiger charge is 2.15. The number of aromatic nitrogens is 3. The average molecular weight is 499 g/mol. The Morgan fingerprint density at radius 1 is 1.19 bits per heavy atom. The van der Waals surface area contributed by atoms with E-state index in [0.29, 0.717) is 29.7 Å². The van der Waals surface area contributed by atoms with Gasteiger partial charge in [-0.15, -0.1) is 0 Å². The minimum atomic E-state index is -0.266. The van der Waals surface area contributed by atoms with Crippen molar-refractivity contribution in [2.45, 2.75) is 19.8 Å². The van der Waals surface area contributed by atoms with Gasteiger partial charge in [0.25, 0.3) is 0 Å². The lowest BCUT2D eigenvalue weighted by Crippen LogP contribution is -2.15. The summed E-state index contributed by atoms with van der Waals surface area (Å²) in [4.78, 5) is 23.6. The fraction of sp³-hybridized carbons (Fsp3) is 0.276. The number of nitrogens with zero attached hydrogens (tertiary/aromatic N) is 4. The monoisotopic (exact) mass is 498 g/mol. The quantitative estimate of drug-likeness (QED) is 0.270. The first kappa shape index (κ1) is 25.9. The van der Waals surface area contributed by atoms with Gasteiger partial charge in [-0.3, -0.25) is 4.79 Å². The molecule has 0 aliphatic carbocycles. The van der Waals surface area contributed by atoms with Crippen LogP contribution in [0.4, 0.5) is 17.3 Å². The van der Waals surface area contributed by atoms with E-state index in [4.69, 9.17) is 9.72 Å². The van der Waals surface area contributed by atoms with Crippen molar-refractivity contribution in [2.24, 2.45) is 7.05 Å². The molecule has 8 heteroatoms. The van der Waals surface area contributed by atoms with E-state index in [1.54, 1.807) is 6.20 Å². The molecular weight excluding hydrogens is 464 g/mol. The summed E-state index contributed by atoms with van der Waals surface area (Å²) in [5.41, 5.74) is 5.36. The molecule has 0 aliphatic rings. The van der Waals surface area contributed by atoms with Gasteiger partial charge in [0.15, 0.2) is 0 Å². The molecule has 37 heavy (non-hydrogen) atoms. The Labute approximate surface area is 218 Å². The van der Waals surface area contributed by atoms with E-state index in [2.05, 4.69) is 50.0 Å². The van der Waals surface area contributed by atoms with Crippen molar-refractivity contribution in [3.05, 3.63) is 73.1 Å². The van der Waals surface area contributed by atoms with Crippen LogP contribution in [0.5, 0.6) is 5.75 Å². The number of para-hydroxylation sites is 1. The first-order valence-electron chi connectivity index (χ1n) is 12.4. The minimum Gasteiger partial charge on any atom is -0.492 e. The maximum Gasteiger partial charge on any atom is 0.247 e. The Balaban J connectivity index is 1.70. The summed E-state index contributed by atoms with van der Waals surface area (Å²) < 4.78 is 8.07. The molecule has 4 rings (SSSR count). The van der Waals surface area contributed by atoms with Crippen molar-refractivity contribution in [3.63, 3.8) is 0 Å². The van der Waals surface area contributed by atoms with E-state index in [1.807, 2.05) is 58.4 Å². The zero-order valence-electron chi connectivity index (χ0n) is 21.9. The lowest BCUT2D eigenvalue weighted by atomic mass is 10.0. The van der Waals surface area contributed by atoms with Crippen LogP contribution in [0.1, 0.15) is 18.9 Å². The predicted octanol–water partition coefficient (Wildman–Crippen LogP) is 5.40. The molecule has 4 aromatic rings. The van der Waals surface area contributed by atoms with E-state index in [0.717, 1.165) is 47.1 Å². The molecule has 0 saturated carbocycles. The Kier molecular flexibility index (Phi) is 8.20. The second-order valence-electron chi connectivity index (χ2n) is 9.10. The number of aryl methyl sites for hydroxylation is 2. The van der Waals surface area contributed by atoms with Crippen molar-refractivity contribution in [2.75, 3.05) is 37.9 Å². The lowest BCUT2D eigenvalue weighted by Gasteiger charge is -2.18. The van der Waals surface area contributed by atoms with Gasteiger partial charge in [-0.05, 0) is 76.3 Å². The molecule has 0 atom stereocenters. The summed E-state index contributed by atoms with van der Waals surface area (Å²) in [6.07, 6.45) is 6.82. The second-order valence-corrected chi connectivity index (χ2v) is 9.10. The number of benzene rings is 2. The highest BCUT2D eigenvalue weighted by Crippen LogP contribution is 2.35. The summed E-state index contributed by atoms with van der Waals surface area (Å²) >= 11 is 0. The van der Waals surface area contributed by atoms with Crippen LogP contribution in [0.2, 0.25) is 0 Å². The van der Waals surface area contributed by atoms with Gasteiger partial charge in [0.2, 0.25) is 11.9 Å². The standard InChI is InChI=1S/C29H34N6O2/c1-6-28(36)31-24-18-25(27(37-7-2)17-20(24)11-10-16-34(3)4)33-29-30-15-14-23(32-29)22-19-35(5)26-13-9-8-12-21(22)26/h6,8-9,12-15,17-19H,1,7,10-11,16H2,2-5H3,(H,31,36)(H,30,32,33). The van der Waals surface area contributed by atoms with Crippen LogP contribution in [-0.4, -0.2) is 52.6 Å². The van der Waals surface area contributed by atoms with E-state index < -0.39 is 0 Å². The van der Waals surface area contributed by atoms with Crippen molar-refractivity contribution < 1.29 is 9.53 Å². The molecular formula is C29H34N6O2. The molecule has 2 N–H and O–H groups in total. The molecule has 2 aromatic carbocycles. The van der Waals surface area contributed by atoms with Gasteiger partial charge < -0.3 is 24.8 Å². The molecule has 8 nitrogen and oxygen atoms in total. The Morgan fingerprint density at radius 2 is 2.00 bits per heavy atom. The fourth-order valence-corrected chi connectivity index (χ4v) is 4.32. The molecule has 2 aromatic heterocycles.